The van der Waals surface area contributed by atoms with Crippen LogP contribution in [0.4, 0.5) is 0 Å². The van der Waals surface area contributed by atoms with Crippen LogP contribution in [0.25, 0.3) is 10.9 Å². The van der Waals surface area contributed by atoms with Crippen molar-refractivity contribution in [3.05, 3.63) is 30.0 Å². The number of Topliss-reactive ketones (excluding diaryl/α,β-unsaturated/α-hetero) is 1. The van der Waals surface area contributed by atoms with Crippen molar-refractivity contribution in [2.45, 2.75) is 12.8 Å². The number of benzene rings is 1. The zero-order valence-electron chi connectivity index (χ0n) is 13.2. The number of hydrogen-bond donors (Lipinski definition) is 3. The molecule has 0 radical (unpaired) electrons. The molecule has 1 aliphatic rings. The first-order chi connectivity index (χ1) is 11.1. The summed E-state index contributed by atoms with van der Waals surface area (Å²) < 4.78 is 5.24. The highest BCUT2D eigenvalue weighted by molar-refractivity contribution is 6.08. The summed E-state index contributed by atoms with van der Waals surface area (Å²) in [6.07, 6.45) is 3.29. The molecule has 6 nitrogen and oxygen atoms in total. The predicted molar refractivity (Wildman–Crippen MR) is 86.7 cm³/mol. The number of likely N-dealkylation sites (tertiary alicyclic amines) is 1. The van der Waals surface area contributed by atoms with Crippen molar-refractivity contribution in [3.8, 4) is 5.75 Å². The third-order valence-electron chi connectivity index (χ3n) is 4.69. The van der Waals surface area contributed by atoms with Gasteiger partial charge in [0.25, 0.3) is 0 Å². The molecule has 2 aromatic rings. The van der Waals surface area contributed by atoms with Crippen molar-refractivity contribution in [2.75, 3.05) is 26.7 Å². The maximum absolute atomic E-state index is 12.6. The minimum atomic E-state index is -0.223. The number of aromatic nitrogens is 1. The molecule has 0 saturated carbocycles. The fourth-order valence-electron chi connectivity index (χ4n) is 3.27. The largest absolute Gasteiger partial charge is 0.497 e. The van der Waals surface area contributed by atoms with E-state index >= 15 is 0 Å². The van der Waals surface area contributed by atoms with Gasteiger partial charge in [-0.3, -0.25) is 9.59 Å². The molecule has 3 rings (SSSR count). The van der Waals surface area contributed by atoms with E-state index in [9.17, 15) is 9.59 Å². The van der Waals surface area contributed by atoms with E-state index in [0.29, 0.717) is 12.1 Å². The molecule has 23 heavy (non-hydrogen) atoms. The van der Waals surface area contributed by atoms with E-state index in [2.05, 4.69) is 4.98 Å². The molecule has 0 spiro atoms. The van der Waals surface area contributed by atoms with Gasteiger partial charge in [0.15, 0.2) is 0 Å². The van der Waals surface area contributed by atoms with Gasteiger partial charge in [0.1, 0.15) is 12.3 Å². The number of nitrogens with one attached hydrogen (secondary N) is 2. The fourth-order valence-corrected chi connectivity index (χ4v) is 3.27. The smallest absolute Gasteiger partial charge is 0.220 e. The molecule has 1 aromatic heterocycles. The van der Waals surface area contributed by atoms with Crippen LogP contribution < -0.4 is 15.4 Å². The lowest BCUT2D eigenvalue weighted by atomic mass is 9.96. The molecule has 6 heteroatoms. The Morgan fingerprint density at radius 3 is 2.74 bits per heavy atom. The van der Waals surface area contributed by atoms with Gasteiger partial charge < -0.3 is 20.4 Å². The summed E-state index contributed by atoms with van der Waals surface area (Å²) in [6.45, 7) is 2.06. The summed E-state index contributed by atoms with van der Waals surface area (Å²) in [5.74, 6) is 0.586. The Bertz CT molecular complexity index is 730. The van der Waals surface area contributed by atoms with Gasteiger partial charge in [0.05, 0.1) is 20.2 Å². The van der Waals surface area contributed by atoms with Crippen molar-refractivity contribution in [1.29, 1.82) is 0 Å². The summed E-state index contributed by atoms with van der Waals surface area (Å²) in [6, 6.07) is 5.66. The van der Waals surface area contributed by atoms with Gasteiger partial charge >= 0.3 is 0 Å². The quantitative estimate of drug-likeness (QED) is 0.686. The number of rotatable bonds is 5. The summed E-state index contributed by atoms with van der Waals surface area (Å²) in [4.78, 5) is 28.2. The topological polar surface area (TPSA) is 89.6 Å². The second kappa shape index (κ2) is 6.42. The minimum absolute atomic E-state index is 0.0359. The highest BCUT2D eigenvalue weighted by Crippen LogP contribution is 2.23. The van der Waals surface area contributed by atoms with Gasteiger partial charge in [-0.25, -0.2) is 0 Å². The first-order valence-electron chi connectivity index (χ1n) is 7.89. The molecule has 122 valence electrons. The van der Waals surface area contributed by atoms with E-state index < -0.39 is 0 Å². The molecule has 1 amide bonds. The van der Waals surface area contributed by atoms with Gasteiger partial charge in [0, 0.05) is 41.4 Å². The molecule has 1 saturated heterocycles. The van der Waals surface area contributed by atoms with Crippen molar-refractivity contribution < 1.29 is 19.2 Å². The number of methoxy groups -OCH3 is 1. The van der Waals surface area contributed by atoms with Crippen LogP contribution in [-0.4, -0.2) is 43.4 Å². The summed E-state index contributed by atoms with van der Waals surface area (Å²) in [7, 11) is 1.61. The van der Waals surface area contributed by atoms with E-state index in [4.69, 9.17) is 10.5 Å². The SMILES string of the molecule is COc1ccc2[nH]cc(C(=O)C[NH+]3CCC(C(N)=O)CC3)c2c1. The maximum atomic E-state index is 12.6. The number of carbonyl (C=O) groups is 2. The van der Waals surface area contributed by atoms with Gasteiger partial charge in [-0.1, -0.05) is 0 Å². The lowest BCUT2D eigenvalue weighted by Gasteiger charge is -2.27. The van der Waals surface area contributed by atoms with E-state index in [-0.39, 0.29) is 17.6 Å². The van der Waals surface area contributed by atoms with Gasteiger partial charge in [-0.2, -0.15) is 0 Å². The number of nitrogens with two attached hydrogens (primary N) is 1. The maximum Gasteiger partial charge on any atom is 0.220 e. The Morgan fingerprint density at radius 2 is 2.09 bits per heavy atom. The fraction of sp³-hybridized carbons (Fsp3) is 0.412. The number of amides is 1. The van der Waals surface area contributed by atoms with E-state index in [1.807, 2.05) is 18.2 Å². The summed E-state index contributed by atoms with van der Waals surface area (Å²) in [5.41, 5.74) is 6.97. The molecule has 4 N–H and O–H groups in total. The van der Waals surface area contributed by atoms with Crippen LogP contribution in [-0.2, 0) is 4.79 Å². The average Bonchev–Trinajstić information content (AvgIpc) is 2.98. The van der Waals surface area contributed by atoms with Crippen LogP contribution in [0, 0.1) is 5.92 Å². The number of ketones is 1. The minimum Gasteiger partial charge on any atom is -0.497 e. The predicted octanol–water partition coefficient (Wildman–Crippen LogP) is 0.139. The molecule has 0 atom stereocenters. The molecular weight excluding hydrogens is 294 g/mol. The second-order valence-electron chi connectivity index (χ2n) is 6.14. The van der Waals surface area contributed by atoms with E-state index in [1.165, 1.54) is 4.90 Å². The average molecular weight is 316 g/mol. The number of H-pyrrole nitrogens is 1. The number of hydrogen-bond acceptors (Lipinski definition) is 3. The Labute approximate surface area is 134 Å². The normalized spacial score (nSPS) is 21.3. The number of fused-ring (bicyclic) bond motifs is 1. The molecule has 0 unspecified atom stereocenters. The Morgan fingerprint density at radius 1 is 1.35 bits per heavy atom. The van der Waals surface area contributed by atoms with Crippen LogP contribution in [0.1, 0.15) is 23.2 Å². The van der Waals surface area contributed by atoms with Crippen molar-refractivity contribution in [3.63, 3.8) is 0 Å². The number of carbonyl (C=O) groups excluding carboxylic acids is 2. The molecule has 1 fully saturated rings. The van der Waals surface area contributed by atoms with Crippen LogP contribution in [0.3, 0.4) is 0 Å². The Balaban J connectivity index is 1.70. The standard InChI is InChI=1S/C17H21N3O3/c1-23-12-2-3-15-13(8-12)14(9-19-15)16(21)10-20-6-4-11(5-7-20)17(18)22/h2-3,8-9,11,19H,4-7,10H2,1H3,(H2,18,22)/p+1. The highest BCUT2D eigenvalue weighted by Gasteiger charge is 2.27. The lowest BCUT2D eigenvalue weighted by Crippen LogP contribution is -3.14. The monoisotopic (exact) mass is 316 g/mol. The Kier molecular flexibility index (Phi) is 4.34. The van der Waals surface area contributed by atoms with E-state index in [1.54, 1.807) is 13.3 Å². The van der Waals surface area contributed by atoms with Crippen LogP contribution in [0.5, 0.6) is 5.75 Å². The van der Waals surface area contributed by atoms with Crippen LogP contribution in [0.15, 0.2) is 24.4 Å². The van der Waals surface area contributed by atoms with Crippen molar-refractivity contribution >= 4 is 22.6 Å². The van der Waals surface area contributed by atoms with Gasteiger partial charge in [-0.05, 0) is 18.2 Å². The Hall–Kier alpha value is -2.34. The second-order valence-corrected chi connectivity index (χ2v) is 6.14. The number of aromatic amines is 1. The number of ether oxygens (including phenoxy) is 1. The van der Waals surface area contributed by atoms with Crippen molar-refractivity contribution in [2.24, 2.45) is 11.7 Å². The summed E-state index contributed by atoms with van der Waals surface area (Å²) >= 11 is 0. The number of quaternary nitrogens is 1. The zero-order chi connectivity index (χ0) is 16.4. The third-order valence-corrected chi connectivity index (χ3v) is 4.69. The molecular formula is C17H22N3O3+. The molecule has 0 bridgehead atoms. The zero-order valence-corrected chi connectivity index (χ0v) is 13.2. The molecule has 2 heterocycles. The molecule has 0 aliphatic carbocycles. The summed E-state index contributed by atoms with van der Waals surface area (Å²) in [5, 5.41) is 0.890. The van der Waals surface area contributed by atoms with E-state index in [0.717, 1.165) is 42.6 Å². The molecule has 1 aliphatic heterocycles. The third kappa shape index (κ3) is 3.22. The van der Waals surface area contributed by atoms with Crippen LogP contribution in [0.2, 0.25) is 0 Å². The van der Waals surface area contributed by atoms with Gasteiger partial charge in [0.2, 0.25) is 11.7 Å². The van der Waals surface area contributed by atoms with Crippen molar-refractivity contribution in [1.82, 2.24) is 4.98 Å². The highest BCUT2D eigenvalue weighted by atomic mass is 16.5. The first kappa shape index (κ1) is 15.6. The first-order valence-corrected chi connectivity index (χ1v) is 7.89. The molecule has 1 aromatic carbocycles. The van der Waals surface area contributed by atoms with Crippen LogP contribution >= 0.6 is 0 Å². The lowest BCUT2D eigenvalue weighted by molar-refractivity contribution is -0.897. The van der Waals surface area contributed by atoms with Gasteiger partial charge in [-0.15, -0.1) is 0 Å². The number of piperidine rings is 1. The number of primary amides is 1.